The lowest BCUT2D eigenvalue weighted by Crippen LogP contribution is -2.46. The van der Waals surface area contributed by atoms with Crippen molar-refractivity contribution in [3.05, 3.63) is 0 Å². The highest BCUT2D eigenvalue weighted by molar-refractivity contribution is 4.91. The van der Waals surface area contributed by atoms with Crippen LogP contribution in [0.2, 0.25) is 0 Å². The van der Waals surface area contributed by atoms with E-state index in [1.54, 1.807) is 0 Å². The van der Waals surface area contributed by atoms with E-state index in [1.165, 1.54) is 57.8 Å². The van der Waals surface area contributed by atoms with Crippen molar-refractivity contribution in [1.82, 2.24) is 5.32 Å². The Morgan fingerprint density at radius 2 is 1.73 bits per heavy atom. The van der Waals surface area contributed by atoms with E-state index in [0.717, 1.165) is 6.54 Å². The molecule has 1 rings (SSSR count). The highest BCUT2D eigenvalue weighted by Gasteiger charge is 2.31. The monoisotopic (exact) mass is 213 g/mol. The van der Waals surface area contributed by atoms with Crippen molar-refractivity contribution in [2.75, 3.05) is 13.2 Å². The molecule has 0 atom stereocenters. The quantitative estimate of drug-likeness (QED) is 0.608. The number of hydrogen-bond donors (Lipinski definition) is 2. The molecule has 0 aliphatic heterocycles. The molecule has 0 heterocycles. The van der Waals surface area contributed by atoms with E-state index in [1.807, 2.05) is 0 Å². The van der Waals surface area contributed by atoms with Crippen LogP contribution >= 0.6 is 0 Å². The summed E-state index contributed by atoms with van der Waals surface area (Å²) in [6, 6.07) is 0. The summed E-state index contributed by atoms with van der Waals surface area (Å²) < 4.78 is 0. The highest BCUT2D eigenvalue weighted by Crippen LogP contribution is 2.28. The van der Waals surface area contributed by atoms with Crippen LogP contribution in [0.15, 0.2) is 0 Å². The Bertz CT molecular complexity index is 153. The third-order valence-electron chi connectivity index (χ3n) is 3.64. The van der Waals surface area contributed by atoms with Gasteiger partial charge < -0.3 is 10.4 Å². The fourth-order valence-electron chi connectivity index (χ4n) is 2.52. The highest BCUT2D eigenvalue weighted by atomic mass is 16.3. The van der Waals surface area contributed by atoms with E-state index in [2.05, 4.69) is 12.2 Å². The van der Waals surface area contributed by atoms with Crippen LogP contribution in [-0.4, -0.2) is 23.8 Å². The topological polar surface area (TPSA) is 32.3 Å². The summed E-state index contributed by atoms with van der Waals surface area (Å²) in [4.78, 5) is 0. The number of aliphatic hydroxyl groups is 1. The van der Waals surface area contributed by atoms with Gasteiger partial charge in [0.1, 0.15) is 0 Å². The fraction of sp³-hybridized carbons (Fsp3) is 1.00. The third kappa shape index (κ3) is 4.52. The van der Waals surface area contributed by atoms with Gasteiger partial charge >= 0.3 is 0 Å². The van der Waals surface area contributed by atoms with Gasteiger partial charge in [-0.1, -0.05) is 45.4 Å². The number of aliphatic hydroxyl groups excluding tert-OH is 1. The molecule has 0 aromatic rings. The van der Waals surface area contributed by atoms with Crippen molar-refractivity contribution in [2.24, 2.45) is 0 Å². The maximum atomic E-state index is 9.39. The summed E-state index contributed by atoms with van der Waals surface area (Å²) in [5.41, 5.74) is 0.0881. The first-order valence-electron chi connectivity index (χ1n) is 6.69. The van der Waals surface area contributed by atoms with Gasteiger partial charge in [0.25, 0.3) is 0 Å². The van der Waals surface area contributed by atoms with Crippen molar-refractivity contribution in [1.29, 1.82) is 0 Å². The van der Waals surface area contributed by atoms with E-state index in [-0.39, 0.29) is 5.54 Å². The Balaban J connectivity index is 2.02. The average molecular weight is 213 g/mol. The van der Waals surface area contributed by atoms with E-state index in [4.69, 9.17) is 0 Å². The molecule has 0 unspecified atom stereocenters. The van der Waals surface area contributed by atoms with E-state index >= 15 is 0 Å². The van der Waals surface area contributed by atoms with E-state index in [0.29, 0.717) is 6.61 Å². The summed E-state index contributed by atoms with van der Waals surface area (Å²) in [5.74, 6) is 0. The van der Waals surface area contributed by atoms with Gasteiger partial charge in [-0.15, -0.1) is 0 Å². The molecule has 15 heavy (non-hydrogen) atoms. The van der Waals surface area contributed by atoms with Gasteiger partial charge in [-0.3, -0.25) is 0 Å². The molecular weight excluding hydrogens is 186 g/mol. The molecule has 0 radical (unpaired) electrons. The normalized spacial score (nSPS) is 19.6. The van der Waals surface area contributed by atoms with Crippen molar-refractivity contribution >= 4 is 0 Å². The number of nitrogens with one attached hydrogen (secondary N) is 1. The lowest BCUT2D eigenvalue weighted by Gasteiger charge is -2.28. The fourth-order valence-corrected chi connectivity index (χ4v) is 2.52. The van der Waals surface area contributed by atoms with Crippen LogP contribution in [0.4, 0.5) is 0 Å². The van der Waals surface area contributed by atoms with Crippen LogP contribution in [0, 0.1) is 0 Å². The van der Waals surface area contributed by atoms with Crippen molar-refractivity contribution in [3.63, 3.8) is 0 Å². The zero-order valence-electron chi connectivity index (χ0n) is 10.2. The van der Waals surface area contributed by atoms with Crippen LogP contribution in [0.25, 0.3) is 0 Å². The predicted molar refractivity (Wildman–Crippen MR) is 65.0 cm³/mol. The van der Waals surface area contributed by atoms with Crippen molar-refractivity contribution in [3.8, 4) is 0 Å². The molecule has 2 heteroatoms. The Hall–Kier alpha value is -0.0800. The molecule has 0 saturated heterocycles. The van der Waals surface area contributed by atoms with Crippen LogP contribution in [0.5, 0.6) is 0 Å². The second-order valence-corrected chi connectivity index (χ2v) is 4.99. The van der Waals surface area contributed by atoms with Gasteiger partial charge in [-0.05, 0) is 25.8 Å². The summed E-state index contributed by atoms with van der Waals surface area (Å²) in [6.45, 7) is 3.66. The first kappa shape index (κ1) is 13.0. The zero-order chi connectivity index (χ0) is 11.0. The Morgan fingerprint density at radius 3 is 2.33 bits per heavy atom. The maximum absolute atomic E-state index is 9.39. The van der Waals surface area contributed by atoms with Crippen LogP contribution < -0.4 is 5.32 Å². The van der Waals surface area contributed by atoms with Crippen LogP contribution in [0.3, 0.4) is 0 Å². The first-order valence-corrected chi connectivity index (χ1v) is 6.69. The van der Waals surface area contributed by atoms with Gasteiger partial charge in [0.05, 0.1) is 6.61 Å². The molecule has 1 fully saturated rings. The molecule has 90 valence electrons. The largest absolute Gasteiger partial charge is 0.394 e. The molecule has 1 saturated carbocycles. The second-order valence-electron chi connectivity index (χ2n) is 4.99. The number of unbranched alkanes of at least 4 members (excludes halogenated alkanes) is 4. The minimum Gasteiger partial charge on any atom is -0.394 e. The maximum Gasteiger partial charge on any atom is 0.0613 e. The van der Waals surface area contributed by atoms with Gasteiger partial charge in [0.15, 0.2) is 0 Å². The number of rotatable bonds is 8. The smallest absolute Gasteiger partial charge is 0.0613 e. The third-order valence-corrected chi connectivity index (χ3v) is 3.64. The van der Waals surface area contributed by atoms with Gasteiger partial charge in [-0.25, -0.2) is 0 Å². The average Bonchev–Trinajstić information content (AvgIpc) is 2.73. The second kappa shape index (κ2) is 7.24. The standard InChI is InChI=1S/C13H27NO/c1-2-3-4-5-8-11-14-13(12-15)9-6-7-10-13/h14-15H,2-12H2,1H3. The van der Waals surface area contributed by atoms with Gasteiger partial charge in [0, 0.05) is 5.54 Å². The summed E-state index contributed by atoms with van der Waals surface area (Å²) in [5, 5.41) is 13.0. The van der Waals surface area contributed by atoms with Crippen LogP contribution in [-0.2, 0) is 0 Å². The van der Waals surface area contributed by atoms with Crippen molar-refractivity contribution in [2.45, 2.75) is 70.3 Å². The Kier molecular flexibility index (Phi) is 6.26. The van der Waals surface area contributed by atoms with E-state index in [9.17, 15) is 5.11 Å². The Labute approximate surface area is 94.5 Å². The lowest BCUT2D eigenvalue weighted by molar-refractivity contribution is 0.164. The van der Waals surface area contributed by atoms with Gasteiger partial charge in [-0.2, -0.15) is 0 Å². The molecule has 2 nitrogen and oxygen atoms in total. The molecule has 2 N–H and O–H groups in total. The molecule has 0 bridgehead atoms. The molecule has 1 aliphatic carbocycles. The molecule has 0 amide bonds. The number of hydrogen-bond acceptors (Lipinski definition) is 2. The molecular formula is C13H27NO. The molecule has 0 aromatic carbocycles. The molecule has 0 aromatic heterocycles. The minimum absolute atomic E-state index is 0.0881. The Morgan fingerprint density at radius 1 is 1.07 bits per heavy atom. The zero-order valence-corrected chi connectivity index (χ0v) is 10.2. The SMILES string of the molecule is CCCCCCCNC1(CO)CCCC1. The lowest BCUT2D eigenvalue weighted by atomic mass is 9.98. The summed E-state index contributed by atoms with van der Waals surface area (Å²) in [7, 11) is 0. The summed E-state index contributed by atoms with van der Waals surface area (Å²) in [6.07, 6.45) is 11.5. The van der Waals surface area contributed by atoms with Gasteiger partial charge in [0.2, 0.25) is 0 Å². The van der Waals surface area contributed by atoms with E-state index < -0.39 is 0 Å². The minimum atomic E-state index is 0.0881. The first-order chi connectivity index (χ1) is 7.33. The van der Waals surface area contributed by atoms with Crippen LogP contribution in [0.1, 0.15) is 64.7 Å². The summed E-state index contributed by atoms with van der Waals surface area (Å²) >= 11 is 0. The molecule has 1 aliphatic rings. The molecule has 0 spiro atoms. The predicted octanol–water partition coefficient (Wildman–Crippen LogP) is 2.85. The van der Waals surface area contributed by atoms with Crippen molar-refractivity contribution < 1.29 is 5.11 Å².